The molecule has 0 amide bonds. The van der Waals surface area contributed by atoms with Crippen LogP contribution >= 0.6 is 15.9 Å². The third-order valence-electron chi connectivity index (χ3n) is 4.05. The van der Waals surface area contributed by atoms with Gasteiger partial charge in [0.2, 0.25) is 0 Å². The fraction of sp³-hybridized carbons (Fsp3) is 0.167. The summed E-state index contributed by atoms with van der Waals surface area (Å²) in [5, 5.41) is 3.89. The van der Waals surface area contributed by atoms with E-state index >= 15 is 0 Å². The second-order valence-corrected chi connectivity index (χ2v) is 8.38. The lowest BCUT2D eigenvalue weighted by atomic mass is 10.1. The lowest BCUT2D eigenvalue weighted by Crippen LogP contribution is -2.15. The highest BCUT2D eigenvalue weighted by Gasteiger charge is 2.23. The van der Waals surface area contributed by atoms with Crippen molar-refractivity contribution in [1.29, 1.82) is 0 Å². The minimum absolute atomic E-state index is 0.123. The average molecular weight is 455 g/mol. The van der Waals surface area contributed by atoms with Crippen LogP contribution in [-0.2, 0) is 10.0 Å². The Labute approximate surface area is 164 Å². The summed E-state index contributed by atoms with van der Waals surface area (Å²) in [6, 6.07) is 8.63. The van der Waals surface area contributed by atoms with E-state index < -0.39 is 15.8 Å². The summed E-state index contributed by atoms with van der Waals surface area (Å²) >= 11 is 3.13. The molecule has 1 heterocycles. The molecule has 0 unspecified atom stereocenters. The first-order valence-electron chi connectivity index (χ1n) is 7.82. The van der Waals surface area contributed by atoms with Gasteiger partial charge in [-0.2, -0.15) is 0 Å². The molecule has 0 saturated carbocycles. The van der Waals surface area contributed by atoms with Crippen molar-refractivity contribution in [2.75, 3.05) is 11.8 Å². The summed E-state index contributed by atoms with van der Waals surface area (Å²) in [6.07, 6.45) is 0. The van der Waals surface area contributed by atoms with Crippen molar-refractivity contribution in [2.24, 2.45) is 0 Å². The van der Waals surface area contributed by atoms with Crippen LogP contribution in [0.1, 0.15) is 11.3 Å². The van der Waals surface area contributed by atoms with Crippen LogP contribution in [0.5, 0.6) is 5.75 Å². The van der Waals surface area contributed by atoms with E-state index in [0.717, 1.165) is 5.56 Å². The molecule has 27 heavy (non-hydrogen) atoms. The molecular weight excluding hydrogens is 439 g/mol. The third-order valence-corrected chi connectivity index (χ3v) is 5.93. The van der Waals surface area contributed by atoms with E-state index in [9.17, 15) is 12.8 Å². The molecule has 0 atom stereocenters. The van der Waals surface area contributed by atoms with Crippen LogP contribution in [0.25, 0.3) is 11.3 Å². The molecule has 1 aromatic heterocycles. The highest BCUT2D eigenvalue weighted by molar-refractivity contribution is 9.10. The van der Waals surface area contributed by atoms with E-state index in [2.05, 4.69) is 25.8 Å². The normalized spacial score (nSPS) is 11.4. The summed E-state index contributed by atoms with van der Waals surface area (Å²) in [6.45, 7) is 3.62. The van der Waals surface area contributed by atoms with Crippen molar-refractivity contribution in [2.45, 2.75) is 18.7 Å². The van der Waals surface area contributed by atoms with Crippen molar-refractivity contribution in [3.63, 3.8) is 0 Å². The van der Waals surface area contributed by atoms with Crippen molar-refractivity contribution < 1.29 is 22.1 Å². The average Bonchev–Trinajstić information content (AvgIpc) is 2.96. The zero-order chi connectivity index (χ0) is 19.8. The number of methoxy groups -OCH3 is 1. The van der Waals surface area contributed by atoms with Crippen LogP contribution in [0.2, 0.25) is 0 Å². The maximum absolute atomic E-state index is 14.1. The molecule has 0 aliphatic heterocycles. The third kappa shape index (κ3) is 3.84. The second-order valence-electron chi connectivity index (χ2n) is 5.82. The number of hydrogen-bond donors (Lipinski definition) is 1. The molecule has 0 aliphatic rings. The predicted molar refractivity (Wildman–Crippen MR) is 103 cm³/mol. The molecule has 2 aromatic carbocycles. The maximum atomic E-state index is 14.1. The van der Waals surface area contributed by atoms with E-state index in [-0.39, 0.29) is 16.3 Å². The first-order chi connectivity index (χ1) is 12.7. The Morgan fingerprint density at radius 1 is 1.19 bits per heavy atom. The molecule has 0 fully saturated rings. The van der Waals surface area contributed by atoms with Gasteiger partial charge in [-0.3, -0.25) is 4.72 Å². The van der Waals surface area contributed by atoms with Crippen LogP contribution < -0.4 is 9.46 Å². The van der Waals surface area contributed by atoms with E-state index in [1.165, 1.54) is 37.4 Å². The Morgan fingerprint density at radius 2 is 1.93 bits per heavy atom. The van der Waals surface area contributed by atoms with Gasteiger partial charge in [-0.25, -0.2) is 12.8 Å². The topological polar surface area (TPSA) is 81.4 Å². The van der Waals surface area contributed by atoms with Crippen molar-refractivity contribution in [3.05, 3.63) is 57.9 Å². The van der Waals surface area contributed by atoms with Gasteiger partial charge in [0.15, 0.2) is 5.76 Å². The predicted octanol–water partition coefficient (Wildman–Crippen LogP) is 4.67. The van der Waals surface area contributed by atoms with Crippen LogP contribution in [0.15, 0.2) is 50.3 Å². The van der Waals surface area contributed by atoms with Crippen LogP contribution in [0, 0.1) is 19.7 Å². The van der Waals surface area contributed by atoms with Gasteiger partial charge in [0.05, 0.1) is 18.5 Å². The van der Waals surface area contributed by atoms with E-state index in [1.54, 1.807) is 13.0 Å². The Hall–Kier alpha value is -2.39. The minimum atomic E-state index is -4.12. The number of benzene rings is 2. The van der Waals surface area contributed by atoms with Gasteiger partial charge >= 0.3 is 0 Å². The van der Waals surface area contributed by atoms with Crippen molar-refractivity contribution in [3.8, 4) is 17.1 Å². The number of nitrogens with one attached hydrogen (secondary N) is 1. The number of aryl methyl sites for hydroxylation is 1. The molecule has 142 valence electrons. The van der Waals surface area contributed by atoms with E-state index in [0.29, 0.717) is 21.5 Å². The van der Waals surface area contributed by atoms with E-state index in [1.807, 2.05) is 6.92 Å². The quantitative estimate of drug-likeness (QED) is 0.605. The first kappa shape index (κ1) is 19.4. The SMILES string of the molecule is COc1ccc(-c2onc(C)c2C)cc1S(=O)(=O)Nc1ccc(Br)cc1F. The number of hydrogen-bond acceptors (Lipinski definition) is 5. The van der Waals surface area contributed by atoms with Gasteiger partial charge in [-0.15, -0.1) is 0 Å². The molecule has 0 radical (unpaired) electrons. The minimum Gasteiger partial charge on any atom is -0.495 e. The molecule has 0 aliphatic carbocycles. The fourth-order valence-electron chi connectivity index (χ4n) is 2.48. The molecule has 6 nitrogen and oxygen atoms in total. The van der Waals surface area contributed by atoms with Crippen LogP contribution in [0.4, 0.5) is 10.1 Å². The number of nitrogens with zero attached hydrogens (tertiary/aromatic N) is 1. The molecule has 9 heteroatoms. The molecule has 3 rings (SSSR count). The molecular formula is C18H16BrFN2O4S. The van der Waals surface area contributed by atoms with Gasteiger partial charge < -0.3 is 9.26 Å². The molecule has 0 saturated heterocycles. The van der Waals surface area contributed by atoms with Gasteiger partial charge in [0, 0.05) is 15.6 Å². The zero-order valence-electron chi connectivity index (χ0n) is 14.7. The second kappa shape index (κ2) is 7.32. The molecule has 0 spiro atoms. The van der Waals surface area contributed by atoms with E-state index in [4.69, 9.17) is 9.26 Å². The molecule has 3 aromatic rings. The highest BCUT2D eigenvalue weighted by Crippen LogP contribution is 2.33. The van der Waals surface area contributed by atoms with Crippen LogP contribution in [0.3, 0.4) is 0 Å². The maximum Gasteiger partial charge on any atom is 0.265 e. The number of halogens is 2. The van der Waals surface area contributed by atoms with Crippen LogP contribution in [-0.4, -0.2) is 20.7 Å². The van der Waals surface area contributed by atoms with Gasteiger partial charge in [-0.05, 0) is 50.2 Å². The van der Waals surface area contributed by atoms with Crippen molar-refractivity contribution >= 4 is 31.6 Å². The number of ether oxygens (including phenoxy) is 1. The first-order valence-corrected chi connectivity index (χ1v) is 10.1. The molecule has 0 bridgehead atoms. The fourth-order valence-corrected chi connectivity index (χ4v) is 4.08. The summed E-state index contributed by atoms with van der Waals surface area (Å²) < 4.78 is 53.1. The summed E-state index contributed by atoms with van der Waals surface area (Å²) in [7, 11) is -2.76. The largest absolute Gasteiger partial charge is 0.495 e. The smallest absolute Gasteiger partial charge is 0.265 e. The highest BCUT2D eigenvalue weighted by atomic mass is 79.9. The number of anilines is 1. The Bertz CT molecular complexity index is 1110. The zero-order valence-corrected chi connectivity index (χ0v) is 17.1. The Balaban J connectivity index is 2.08. The lowest BCUT2D eigenvalue weighted by Gasteiger charge is -2.13. The van der Waals surface area contributed by atoms with Gasteiger partial charge in [0.25, 0.3) is 10.0 Å². The standard InChI is InChI=1S/C18H16BrFN2O4S/c1-10-11(2)21-26-18(10)12-4-7-16(25-3)17(8-12)27(23,24)22-15-6-5-13(19)9-14(15)20/h4-9,22H,1-3H3. The van der Waals surface area contributed by atoms with Gasteiger partial charge in [0.1, 0.15) is 16.5 Å². The van der Waals surface area contributed by atoms with Crippen molar-refractivity contribution in [1.82, 2.24) is 5.16 Å². The summed E-state index contributed by atoms with van der Waals surface area (Å²) in [5.74, 6) is -0.121. The number of aromatic nitrogens is 1. The molecule has 1 N–H and O–H groups in total. The van der Waals surface area contributed by atoms with Gasteiger partial charge in [-0.1, -0.05) is 21.1 Å². The Kier molecular flexibility index (Phi) is 5.25. The summed E-state index contributed by atoms with van der Waals surface area (Å²) in [4.78, 5) is -0.140. The number of rotatable bonds is 5. The number of sulfonamides is 1. The summed E-state index contributed by atoms with van der Waals surface area (Å²) in [5.41, 5.74) is 1.86. The lowest BCUT2D eigenvalue weighted by molar-refractivity contribution is 0.402. The monoisotopic (exact) mass is 454 g/mol. The Morgan fingerprint density at radius 3 is 2.52 bits per heavy atom.